The largest absolute Gasteiger partial charge is 0.232 e. The van der Waals surface area contributed by atoms with Gasteiger partial charge in [-0.3, -0.25) is 0 Å². The molecule has 0 heterocycles. The summed E-state index contributed by atoms with van der Waals surface area (Å²) in [6.45, 7) is 10.1. The fraction of sp³-hybridized carbons (Fsp3) is 0.714. The van der Waals surface area contributed by atoms with Crippen LogP contribution >= 0.6 is 21.0 Å². The maximum Gasteiger partial charge on any atom is 0.0358 e. The van der Waals surface area contributed by atoms with Gasteiger partial charge >= 0.3 is 0 Å². The monoisotopic (exact) mass is 239 g/mol. The van der Waals surface area contributed by atoms with Crippen molar-refractivity contribution in [1.82, 2.24) is 0 Å². The molecule has 2 heteroatoms. The fourth-order valence-electron chi connectivity index (χ4n) is 0.236. The maximum atomic E-state index is 4.31. The van der Waals surface area contributed by atoms with Crippen LogP contribution in [0.15, 0.2) is 15.4 Å². The zero-order chi connectivity index (χ0) is 7.28. The minimum absolute atomic E-state index is 0.0472. The van der Waals surface area contributed by atoms with Crippen LogP contribution in [0.5, 0.6) is 0 Å². The van der Waals surface area contributed by atoms with Gasteiger partial charge in [-0.1, -0.05) is 20.4 Å². The predicted octanol–water partition coefficient (Wildman–Crippen LogP) is 3.47. The Morgan fingerprint density at radius 1 is 1.78 bits per heavy atom. The molecule has 0 bridgehead atoms. The van der Waals surface area contributed by atoms with Crippen molar-refractivity contribution < 1.29 is 0 Å². The van der Waals surface area contributed by atoms with E-state index < -0.39 is 0 Å². The molecule has 9 heavy (non-hydrogen) atoms. The van der Waals surface area contributed by atoms with Gasteiger partial charge in [-0.05, 0) is 34.4 Å². The van der Waals surface area contributed by atoms with Crippen LogP contribution < -0.4 is 0 Å². The summed E-state index contributed by atoms with van der Waals surface area (Å²) in [5, 5.41) is 0. The normalized spacial score (nSPS) is 15.0. The van der Waals surface area contributed by atoms with E-state index >= 15 is 0 Å². The van der Waals surface area contributed by atoms with Crippen molar-refractivity contribution >= 4 is 21.0 Å². The second kappa shape index (κ2) is 5.09. The zero-order valence-electron chi connectivity index (χ0n) is 6.32. The lowest BCUT2D eigenvalue weighted by molar-refractivity contribution is 0.937. The summed E-state index contributed by atoms with van der Waals surface area (Å²) in [7, 11) is 0. The topological polar surface area (TPSA) is 12.4 Å². The van der Waals surface area contributed by atoms with E-state index in [2.05, 4.69) is 23.6 Å². The number of hydrogen-bond acceptors (Lipinski definition) is 1. The van der Waals surface area contributed by atoms with Crippen molar-refractivity contribution in [3.63, 3.8) is 0 Å². The highest BCUT2D eigenvalue weighted by Gasteiger charge is 1.90. The van der Waals surface area contributed by atoms with Crippen molar-refractivity contribution in [3.05, 3.63) is 12.3 Å². The number of allylic oxidation sites excluding steroid dienone is 1. The molecule has 0 N–H and O–H groups in total. The van der Waals surface area contributed by atoms with Crippen LogP contribution in [0, 0.1) is 0 Å². The number of rotatable bonds is 3. The third-order valence-electron chi connectivity index (χ3n) is 0.922. The quantitative estimate of drug-likeness (QED) is 0.528. The fourth-order valence-corrected chi connectivity index (χ4v) is 1.58. The highest BCUT2D eigenvalue weighted by Crippen LogP contribution is 2.16. The first-order valence-corrected chi connectivity index (χ1v) is 5.37. The molecule has 0 spiro atoms. The molecule has 0 amide bonds. The third-order valence-corrected chi connectivity index (χ3v) is 3.86. The van der Waals surface area contributed by atoms with Gasteiger partial charge in [0, 0.05) is 9.62 Å². The lowest BCUT2D eigenvalue weighted by Crippen LogP contribution is -1.83. The molecule has 1 unspecified atom stereocenters. The molecule has 0 rings (SSSR count). The van der Waals surface area contributed by atoms with Crippen molar-refractivity contribution in [2.45, 2.75) is 31.1 Å². The smallest absolute Gasteiger partial charge is 0.0358 e. The van der Waals surface area contributed by atoms with Crippen LogP contribution in [0.4, 0.5) is 0 Å². The number of alkyl halides is 1. The van der Waals surface area contributed by atoms with Crippen LogP contribution in [0.3, 0.4) is 0 Å². The van der Waals surface area contributed by atoms with Crippen molar-refractivity contribution in [2.24, 2.45) is 3.15 Å². The molecule has 0 aliphatic heterocycles. The second-order valence-corrected chi connectivity index (χ2v) is 5.27. The third kappa shape index (κ3) is 6.15. The van der Waals surface area contributed by atoms with E-state index in [4.69, 9.17) is 0 Å². The van der Waals surface area contributed by atoms with Gasteiger partial charge in [-0.25, -0.2) is 3.15 Å². The van der Waals surface area contributed by atoms with Crippen LogP contribution in [-0.2, 0) is 0 Å². The van der Waals surface area contributed by atoms with Gasteiger partial charge in [0.15, 0.2) is 0 Å². The van der Waals surface area contributed by atoms with Crippen LogP contribution in [0.25, 0.3) is 0 Å². The van der Waals surface area contributed by atoms with E-state index in [1.807, 2.05) is 6.92 Å². The lowest BCUT2D eigenvalue weighted by atomic mass is 10.4. The molecule has 1 nitrogen and oxygen atoms in total. The second-order valence-electron chi connectivity index (χ2n) is 2.11. The van der Waals surface area contributed by atoms with Crippen molar-refractivity contribution in [2.75, 3.05) is 0 Å². The van der Waals surface area contributed by atoms with Gasteiger partial charge in [-0.2, -0.15) is 0 Å². The summed E-state index contributed by atoms with van der Waals surface area (Å²) < 4.78 is 5.13. The van der Waals surface area contributed by atoms with Gasteiger partial charge in [0.2, 0.25) is 0 Å². The molecule has 0 aliphatic rings. The molecule has 0 aromatic heterocycles. The molecule has 1 atom stereocenters. The van der Waals surface area contributed by atoms with Crippen LogP contribution in [-0.4, -0.2) is 3.92 Å². The molecule has 0 aromatic carbocycles. The molecule has 0 saturated carbocycles. The Morgan fingerprint density at radius 3 is 2.67 bits per heavy atom. The van der Waals surface area contributed by atoms with Gasteiger partial charge in [0.1, 0.15) is 0 Å². The Hall–Kier alpha value is 0.270. The summed E-state index contributed by atoms with van der Waals surface area (Å²) in [4.78, 5) is 0. The van der Waals surface area contributed by atoms with Gasteiger partial charge < -0.3 is 0 Å². The number of hydrogen-bond donors (Lipinski definition) is 0. The van der Waals surface area contributed by atoms with E-state index in [1.165, 1.54) is 6.42 Å². The molecule has 0 aromatic rings. The first kappa shape index (κ1) is 9.27. The maximum absolute atomic E-state index is 4.31. The van der Waals surface area contributed by atoms with Crippen molar-refractivity contribution in [1.29, 1.82) is 0 Å². The minimum atomic E-state index is 0.0472. The summed E-state index contributed by atoms with van der Waals surface area (Å²) in [6.07, 6.45) is 1.25. The van der Waals surface area contributed by atoms with Crippen LogP contribution in [0.1, 0.15) is 27.2 Å². The van der Waals surface area contributed by atoms with Gasteiger partial charge in [0.25, 0.3) is 0 Å². The first-order chi connectivity index (χ1) is 4.16. The van der Waals surface area contributed by atoms with E-state index in [9.17, 15) is 0 Å². The SMILES string of the molecule is C=C(C)N=IC(C)CC. The summed E-state index contributed by atoms with van der Waals surface area (Å²) in [5.74, 6) is 0. The highest BCUT2D eigenvalue weighted by atomic mass is 127. The van der Waals surface area contributed by atoms with E-state index in [0.29, 0.717) is 0 Å². The Bertz CT molecular complexity index is 118. The first-order valence-electron chi connectivity index (χ1n) is 3.16. The predicted molar refractivity (Wildman–Crippen MR) is 51.0 cm³/mol. The highest BCUT2D eigenvalue weighted by molar-refractivity contribution is 14.2. The van der Waals surface area contributed by atoms with Gasteiger partial charge in [0.05, 0.1) is 0 Å². The Balaban J connectivity index is 3.56. The molecule has 54 valence electrons. The molecular weight excluding hydrogens is 225 g/mol. The minimum Gasteiger partial charge on any atom is -0.232 e. The summed E-state index contributed by atoms with van der Waals surface area (Å²) in [5.41, 5.74) is 0.989. The Kier molecular flexibility index (Phi) is 5.24. The average molecular weight is 239 g/mol. The molecule has 0 fully saturated rings. The summed E-state index contributed by atoms with van der Waals surface area (Å²) >= 11 is 0.0472. The van der Waals surface area contributed by atoms with Crippen LogP contribution in [0.2, 0.25) is 0 Å². The molecule has 0 saturated heterocycles. The zero-order valence-corrected chi connectivity index (χ0v) is 8.47. The number of halogens is 1. The van der Waals surface area contributed by atoms with E-state index in [-0.39, 0.29) is 21.0 Å². The Labute approximate surface area is 67.7 Å². The lowest BCUT2D eigenvalue weighted by Gasteiger charge is -1.95. The van der Waals surface area contributed by atoms with E-state index in [1.54, 1.807) is 0 Å². The van der Waals surface area contributed by atoms with Crippen molar-refractivity contribution in [3.8, 4) is 0 Å². The molecular formula is C7H14IN. The molecule has 0 radical (unpaired) electrons. The Morgan fingerprint density at radius 2 is 2.33 bits per heavy atom. The van der Waals surface area contributed by atoms with Gasteiger partial charge in [-0.15, -0.1) is 0 Å². The number of nitrogens with zero attached hydrogens (tertiary/aromatic N) is 1. The molecule has 0 aliphatic carbocycles. The average Bonchev–Trinajstić information content (AvgIpc) is 1.83. The standard InChI is InChI=1S/C7H14IN/c1-5-7(4)8-9-6(2)3/h7H,2,5H2,1,3-4H3. The van der Waals surface area contributed by atoms with E-state index in [0.717, 1.165) is 9.62 Å². The summed E-state index contributed by atoms with van der Waals surface area (Å²) in [6, 6.07) is 0.